The molecule has 4 aliphatic rings. The van der Waals surface area contributed by atoms with E-state index in [1.807, 2.05) is 60.4 Å². The third-order valence-corrected chi connectivity index (χ3v) is 12.2. The van der Waals surface area contributed by atoms with Gasteiger partial charge in [0.05, 0.1) is 18.5 Å². The van der Waals surface area contributed by atoms with Crippen LogP contribution in [0.3, 0.4) is 0 Å². The average molecular weight is 567 g/mol. The van der Waals surface area contributed by atoms with Crippen molar-refractivity contribution >= 4 is 37.3 Å². The van der Waals surface area contributed by atoms with Crippen molar-refractivity contribution in [3.63, 3.8) is 0 Å². The lowest BCUT2D eigenvalue weighted by Crippen LogP contribution is -2.55. The fourth-order valence-corrected chi connectivity index (χ4v) is 10.4. The van der Waals surface area contributed by atoms with Gasteiger partial charge in [-0.25, -0.2) is 0 Å². The molecule has 0 bridgehead atoms. The number of nitrogens with zero attached hydrogens (tertiary/aromatic N) is 3. The molecule has 4 heterocycles. The first-order valence-electron chi connectivity index (χ1n) is 14.3. The van der Waals surface area contributed by atoms with Crippen LogP contribution in [0.2, 0.25) is 18.6 Å². The van der Waals surface area contributed by atoms with Crippen molar-refractivity contribution in [3.8, 4) is 0 Å². The Kier molecular flexibility index (Phi) is 6.60. The maximum absolute atomic E-state index is 15.7. The molecular formula is C30H39FN4O4Si. The van der Waals surface area contributed by atoms with Crippen molar-refractivity contribution < 1.29 is 23.5 Å². The molecular weight excluding hydrogens is 527 g/mol. The number of para-hydroxylation sites is 1. The highest BCUT2D eigenvalue weighted by Crippen LogP contribution is 2.60. The van der Waals surface area contributed by atoms with Crippen LogP contribution in [0.15, 0.2) is 48.5 Å². The van der Waals surface area contributed by atoms with E-state index in [0.29, 0.717) is 36.4 Å². The van der Waals surface area contributed by atoms with E-state index in [-0.39, 0.29) is 24.8 Å². The summed E-state index contributed by atoms with van der Waals surface area (Å²) in [5, 5.41) is 13.2. The lowest BCUT2D eigenvalue weighted by atomic mass is 9.82. The number of likely N-dealkylation sites (N-methyl/N-ethyl adjacent to an activating group) is 1. The minimum Gasteiger partial charge on any atom is -0.396 e. The Hall–Kier alpha value is -2.79. The van der Waals surface area contributed by atoms with Crippen LogP contribution in [-0.4, -0.2) is 70.4 Å². The summed E-state index contributed by atoms with van der Waals surface area (Å²) < 4.78 is 22.3. The molecule has 2 aromatic rings. The number of piperidine rings is 1. The first-order chi connectivity index (χ1) is 19.1. The van der Waals surface area contributed by atoms with Gasteiger partial charge in [0.25, 0.3) is 11.8 Å². The molecule has 0 saturated carbocycles. The second-order valence-corrected chi connectivity index (χ2v) is 16.1. The lowest BCUT2D eigenvalue weighted by molar-refractivity contribution is -0.146. The summed E-state index contributed by atoms with van der Waals surface area (Å²) in [6, 6.07) is 15.8. The molecule has 2 N–H and O–H groups in total. The summed E-state index contributed by atoms with van der Waals surface area (Å²) >= 11 is 0. The van der Waals surface area contributed by atoms with E-state index in [9.17, 15) is 14.7 Å². The van der Waals surface area contributed by atoms with Crippen LogP contribution in [0.1, 0.15) is 31.7 Å². The Bertz CT molecular complexity index is 1310. The van der Waals surface area contributed by atoms with E-state index in [1.165, 1.54) is 0 Å². The number of ether oxygens (including phenoxy) is 1. The number of carbonyl (C=O) groups is 2. The summed E-state index contributed by atoms with van der Waals surface area (Å²) in [7, 11) is -1.54. The topological polar surface area (TPSA) is 85.3 Å². The van der Waals surface area contributed by atoms with Crippen LogP contribution in [0.5, 0.6) is 0 Å². The monoisotopic (exact) mass is 566 g/mol. The molecule has 6 rings (SSSR count). The zero-order valence-electron chi connectivity index (χ0n) is 23.7. The Morgan fingerprint density at radius 1 is 1.07 bits per heavy atom. The van der Waals surface area contributed by atoms with Crippen molar-refractivity contribution in [1.29, 1.82) is 0 Å². The average Bonchev–Trinajstić information content (AvgIpc) is 3.47. The third kappa shape index (κ3) is 3.79. The Labute approximate surface area is 236 Å². The van der Waals surface area contributed by atoms with Crippen molar-refractivity contribution in [2.75, 3.05) is 48.1 Å². The maximum atomic E-state index is 15.7. The highest BCUT2D eigenvalue weighted by Gasteiger charge is 2.66. The largest absolute Gasteiger partial charge is 0.396 e. The number of benzene rings is 2. The van der Waals surface area contributed by atoms with Gasteiger partial charge in [-0.15, -0.1) is 0 Å². The van der Waals surface area contributed by atoms with Gasteiger partial charge in [0.15, 0.2) is 5.60 Å². The van der Waals surface area contributed by atoms with Crippen molar-refractivity contribution in [3.05, 3.63) is 54.1 Å². The third-order valence-electron chi connectivity index (χ3n) is 9.74. The van der Waals surface area contributed by atoms with Crippen LogP contribution in [0.25, 0.3) is 0 Å². The van der Waals surface area contributed by atoms with Gasteiger partial charge in [0, 0.05) is 42.1 Å². The Balaban J connectivity index is 1.44. The fourth-order valence-electron chi connectivity index (χ4n) is 7.87. The smallest absolute Gasteiger partial charge is 0.264 e. The van der Waals surface area contributed by atoms with E-state index < -0.39 is 37.1 Å². The van der Waals surface area contributed by atoms with Crippen molar-refractivity contribution in [1.82, 2.24) is 5.32 Å². The zero-order chi connectivity index (χ0) is 28.4. The number of fused-ring (bicyclic) bond motifs is 2. The molecule has 0 radical (unpaired) electrons. The summed E-state index contributed by atoms with van der Waals surface area (Å²) in [4.78, 5) is 33.8. The van der Waals surface area contributed by atoms with Gasteiger partial charge < -0.3 is 29.1 Å². The number of aliphatic hydroxyl groups excluding tert-OH is 1. The second-order valence-electron chi connectivity index (χ2n) is 12.3. The highest BCUT2D eigenvalue weighted by molar-refractivity contribution is 6.72. The van der Waals surface area contributed by atoms with Gasteiger partial charge >= 0.3 is 0 Å². The van der Waals surface area contributed by atoms with Crippen LogP contribution < -0.4 is 20.0 Å². The molecule has 3 fully saturated rings. The number of aliphatic hydroxyl groups is 1. The molecule has 4 aliphatic heterocycles. The van der Waals surface area contributed by atoms with Gasteiger partial charge in [-0.2, -0.15) is 0 Å². The van der Waals surface area contributed by atoms with Crippen LogP contribution >= 0.6 is 0 Å². The predicted molar refractivity (Wildman–Crippen MR) is 156 cm³/mol. The van der Waals surface area contributed by atoms with Gasteiger partial charge in [-0.1, -0.05) is 25.1 Å². The summed E-state index contributed by atoms with van der Waals surface area (Å²) in [6.07, 6.45) is 1.12. The van der Waals surface area contributed by atoms with Gasteiger partial charge in [-0.05, 0) is 75.8 Å². The molecule has 3 saturated heterocycles. The van der Waals surface area contributed by atoms with Crippen LogP contribution in [-0.2, 0) is 19.9 Å². The van der Waals surface area contributed by atoms with E-state index in [2.05, 4.69) is 10.2 Å². The first kappa shape index (κ1) is 27.4. The summed E-state index contributed by atoms with van der Waals surface area (Å²) in [5.41, 5.74) is 0.655. The molecule has 40 heavy (non-hydrogen) atoms. The number of anilines is 3. The maximum Gasteiger partial charge on any atom is 0.264 e. The van der Waals surface area contributed by atoms with E-state index >= 15 is 4.11 Å². The number of nitrogens with one attached hydrogen (secondary N) is 1. The number of rotatable bonds is 5. The van der Waals surface area contributed by atoms with E-state index in [0.717, 1.165) is 18.8 Å². The Morgan fingerprint density at radius 3 is 2.42 bits per heavy atom. The van der Waals surface area contributed by atoms with E-state index in [1.54, 1.807) is 25.0 Å². The highest BCUT2D eigenvalue weighted by atomic mass is 28.4. The second kappa shape index (κ2) is 9.65. The quantitative estimate of drug-likeness (QED) is 0.424. The summed E-state index contributed by atoms with van der Waals surface area (Å²) in [6.45, 7) is 7.00. The van der Waals surface area contributed by atoms with Crippen LogP contribution in [0.4, 0.5) is 21.2 Å². The molecule has 8 nitrogen and oxygen atoms in total. The van der Waals surface area contributed by atoms with Crippen molar-refractivity contribution in [2.24, 2.45) is 5.92 Å². The molecule has 214 valence electrons. The number of amides is 2. The van der Waals surface area contributed by atoms with Crippen LogP contribution in [0, 0.1) is 5.92 Å². The fraction of sp³-hybridized carbons (Fsp3) is 0.533. The number of halogens is 1. The number of hydrogen-bond acceptors (Lipinski definition) is 6. The minimum absolute atomic E-state index is 0.0539. The Morgan fingerprint density at radius 2 is 1.77 bits per heavy atom. The van der Waals surface area contributed by atoms with E-state index in [4.69, 9.17) is 4.74 Å². The lowest BCUT2D eigenvalue weighted by Gasteiger charge is -2.39. The molecule has 4 atom stereocenters. The summed E-state index contributed by atoms with van der Waals surface area (Å²) in [5.74, 6) is -0.587. The zero-order valence-corrected chi connectivity index (χ0v) is 24.7. The predicted octanol–water partition coefficient (Wildman–Crippen LogP) is 3.75. The molecule has 2 amide bonds. The minimum atomic E-state index is -3.26. The SMILES string of the molecule is C[C@H]1[C@H]([Si](C)(C)F)[C@@H](CCO)O[C@]12C(=O)N(C)c1ccc(N3CN(c4ccccc4)C4(CCNCC4)C3=O)cc12. The molecule has 0 aromatic heterocycles. The van der Waals surface area contributed by atoms with Crippen molar-refractivity contribution in [2.45, 2.75) is 62.1 Å². The molecule has 0 aliphatic carbocycles. The molecule has 0 unspecified atom stereocenters. The number of hydrogen-bond donors (Lipinski definition) is 2. The normalized spacial score (nSPS) is 29.8. The molecule has 2 aromatic carbocycles. The molecule has 2 spiro atoms. The standard InChI is InChI=1S/C30H39FN4O4Si/c1-20-26(40(3,4)31)25(12-17-36)39-30(20)23-18-22(10-11-24(23)33(2)28(30)38)34-19-35(21-8-6-5-7-9-21)29(27(34)37)13-15-32-16-14-29/h5-11,18,20,25-26,32,36H,12-17,19H2,1-4H3/t20-,25+,26-,30+/m0/s1. The van der Waals surface area contributed by atoms with Gasteiger partial charge in [0.2, 0.25) is 8.41 Å². The molecule has 10 heteroatoms. The first-order valence-corrected chi connectivity index (χ1v) is 17.3. The van der Waals surface area contributed by atoms with Gasteiger partial charge in [-0.3, -0.25) is 14.5 Å². The van der Waals surface area contributed by atoms with Gasteiger partial charge in [0.1, 0.15) is 5.54 Å². The number of carbonyl (C=O) groups excluding carboxylic acids is 2.